The zero-order valence-electron chi connectivity index (χ0n) is 23.2. The fourth-order valence-electron chi connectivity index (χ4n) is 3.35. The van der Waals surface area contributed by atoms with Gasteiger partial charge in [0.15, 0.2) is 0 Å². The van der Waals surface area contributed by atoms with Crippen molar-refractivity contribution in [3.63, 3.8) is 0 Å². The second-order valence-electron chi connectivity index (χ2n) is 8.27. The van der Waals surface area contributed by atoms with Crippen LogP contribution in [0.15, 0.2) is 97.3 Å². The molecule has 1 heterocycles. The summed E-state index contributed by atoms with van der Waals surface area (Å²) in [6.07, 6.45) is 18.8. The number of pyridine rings is 1. The van der Waals surface area contributed by atoms with Crippen LogP contribution in [0.5, 0.6) is 0 Å². The van der Waals surface area contributed by atoms with Crippen LogP contribution >= 0.6 is 0 Å². The summed E-state index contributed by atoms with van der Waals surface area (Å²) in [5.41, 5.74) is 9.51. The number of aromatic nitrogens is 1. The molecule has 0 spiro atoms. The zero-order chi connectivity index (χ0) is 27.3. The Morgan fingerprint density at radius 3 is 2.42 bits per heavy atom. The lowest BCUT2D eigenvalue weighted by Crippen LogP contribution is -2.15. The molecule has 0 atom stereocenters. The van der Waals surface area contributed by atoms with Crippen molar-refractivity contribution in [2.24, 2.45) is 5.73 Å². The van der Waals surface area contributed by atoms with Crippen molar-refractivity contribution in [2.75, 3.05) is 19.0 Å². The summed E-state index contributed by atoms with van der Waals surface area (Å²) in [5.74, 6) is 0.568. The summed E-state index contributed by atoms with van der Waals surface area (Å²) in [4.78, 5) is 6.58. The average Bonchev–Trinajstić information content (AvgIpc) is 2.89. The molecule has 2 N–H and O–H groups in total. The molecule has 3 nitrogen and oxygen atoms in total. The third-order valence-corrected chi connectivity index (χ3v) is 5.19. The Balaban J connectivity index is 0.000000679. The largest absolute Gasteiger partial charge is 0.333 e. The Hall–Kier alpha value is -3.24. The van der Waals surface area contributed by atoms with Gasteiger partial charge in [-0.1, -0.05) is 61.9 Å². The van der Waals surface area contributed by atoms with Gasteiger partial charge in [0.25, 0.3) is 0 Å². The first-order chi connectivity index (χ1) is 17.4. The molecule has 0 fully saturated rings. The van der Waals surface area contributed by atoms with E-state index in [0.717, 1.165) is 28.3 Å². The van der Waals surface area contributed by atoms with Gasteiger partial charge in [-0.3, -0.25) is 0 Å². The van der Waals surface area contributed by atoms with Crippen LogP contribution in [0.2, 0.25) is 0 Å². The van der Waals surface area contributed by atoms with Crippen molar-refractivity contribution in [3.05, 3.63) is 109 Å². The van der Waals surface area contributed by atoms with Crippen molar-refractivity contribution < 1.29 is 4.39 Å². The lowest BCUT2D eigenvalue weighted by molar-refractivity contribution is 0.627. The highest BCUT2D eigenvalue weighted by molar-refractivity contribution is 5.63. The van der Waals surface area contributed by atoms with Crippen LogP contribution < -0.4 is 10.6 Å². The Labute approximate surface area is 219 Å². The summed E-state index contributed by atoms with van der Waals surface area (Å²) >= 11 is 0. The maximum absolute atomic E-state index is 13.5. The zero-order valence-corrected chi connectivity index (χ0v) is 23.2. The van der Waals surface area contributed by atoms with E-state index in [4.69, 9.17) is 0 Å². The molecule has 0 saturated heterocycles. The highest BCUT2D eigenvalue weighted by Crippen LogP contribution is 2.23. The lowest BCUT2D eigenvalue weighted by atomic mass is 10.0. The predicted molar refractivity (Wildman–Crippen MR) is 159 cm³/mol. The molecule has 4 heteroatoms. The highest BCUT2D eigenvalue weighted by Gasteiger charge is 2.07. The third kappa shape index (κ3) is 13.0. The Kier molecular flexibility index (Phi) is 18.2. The van der Waals surface area contributed by atoms with Gasteiger partial charge in [-0.15, -0.1) is 6.58 Å². The number of nitrogens with two attached hydrogens (primary N) is 1. The molecular formula is C32H46FN3. The number of aryl methyl sites for hydroxylation is 1. The molecule has 0 radical (unpaired) electrons. The van der Waals surface area contributed by atoms with Gasteiger partial charge in [-0.05, 0) is 95.5 Å². The smallest absolute Gasteiger partial charge is 0.133 e. The number of allylic oxidation sites excluding steroid dienone is 8. The van der Waals surface area contributed by atoms with E-state index in [1.54, 1.807) is 17.7 Å². The van der Waals surface area contributed by atoms with Gasteiger partial charge in [-0.25, -0.2) is 9.37 Å². The molecule has 1 aliphatic carbocycles. The van der Waals surface area contributed by atoms with E-state index in [0.29, 0.717) is 0 Å². The summed E-state index contributed by atoms with van der Waals surface area (Å²) < 4.78 is 13.5. The fourth-order valence-corrected chi connectivity index (χ4v) is 3.35. The molecule has 1 aromatic carbocycles. The maximum Gasteiger partial charge on any atom is 0.133 e. The summed E-state index contributed by atoms with van der Waals surface area (Å²) in [7, 11) is 3.44. The Morgan fingerprint density at radius 2 is 1.86 bits per heavy atom. The number of hydrogen-bond donors (Lipinski definition) is 1. The fraction of sp³-hybridized carbons (Fsp3) is 0.344. The molecule has 36 heavy (non-hydrogen) atoms. The number of rotatable bonds is 7. The minimum atomic E-state index is -0.242. The highest BCUT2D eigenvalue weighted by atomic mass is 19.1. The van der Waals surface area contributed by atoms with E-state index in [2.05, 4.69) is 49.0 Å². The van der Waals surface area contributed by atoms with Crippen LogP contribution in [0.4, 0.5) is 10.2 Å². The van der Waals surface area contributed by atoms with Crippen molar-refractivity contribution >= 4 is 5.82 Å². The molecule has 0 amide bonds. The maximum atomic E-state index is 13.5. The minimum absolute atomic E-state index is 0.242. The van der Waals surface area contributed by atoms with Crippen molar-refractivity contribution in [3.8, 4) is 11.3 Å². The summed E-state index contributed by atoms with van der Waals surface area (Å²) in [6, 6.07) is 10.7. The van der Waals surface area contributed by atoms with Crippen LogP contribution in [0.3, 0.4) is 0 Å². The van der Waals surface area contributed by atoms with Gasteiger partial charge in [0.05, 0.1) is 5.69 Å². The number of halogens is 1. The standard InChI is InChI=1S/C18H19FN2.C10H16.C3H6.CH5N/c1-5-7-14(3)21(4)18-9-6-8-17(20-18)15-10-13(2)11-16(19)12-15;1-2-3-7-10-8-5-4-6-9-10;1-3-2;1-2/h5-12H,1H2,2-4H3;5,8-9H,2-4,6-7H2,1H3;3H,1H2,2H3;2H2,1H3/b14-7+;;;. The van der Waals surface area contributed by atoms with Crippen molar-refractivity contribution in [1.82, 2.24) is 4.98 Å². The molecule has 2 aromatic rings. The van der Waals surface area contributed by atoms with Crippen molar-refractivity contribution in [1.29, 1.82) is 0 Å². The monoisotopic (exact) mass is 491 g/mol. The first-order valence-corrected chi connectivity index (χ1v) is 12.6. The van der Waals surface area contributed by atoms with Crippen LogP contribution in [-0.4, -0.2) is 19.1 Å². The quantitative estimate of drug-likeness (QED) is 0.310. The molecule has 196 valence electrons. The molecular weight excluding hydrogens is 445 g/mol. The summed E-state index contributed by atoms with van der Waals surface area (Å²) in [5, 5.41) is 0. The van der Waals surface area contributed by atoms with Gasteiger partial charge in [0, 0.05) is 18.3 Å². The number of hydrogen-bond acceptors (Lipinski definition) is 3. The molecule has 1 aromatic heterocycles. The molecule has 0 unspecified atom stereocenters. The normalized spacial score (nSPS) is 11.9. The summed E-state index contributed by atoms with van der Waals surface area (Å²) in [6.45, 7) is 15.1. The first kappa shape index (κ1) is 32.8. The number of nitrogens with zero attached hydrogens (tertiary/aromatic N) is 2. The van der Waals surface area contributed by atoms with E-state index in [9.17, 15) is 4.39 Å². The van der Waals surface area contributed by atoms with E-state index in [1.165, 1.54) is 51.3 Å². The molecule has 0 bridgehead atoms. The van der Waals surface area contributed by atoms with Crippen LogP contribution in [0.1, 0.15) is 58.4 Å². The lowest BCUT2D eigenvalue weighted by Gasteiger charge is -2.19. The van der Waals surface area contributed by atoms with Gasteiger partial charge in [-0.2, -0.15) is 0 Å². The van der Waals surface area contributed by atoms with E-state index in [-0.39, 0.29) is 5.82 Å². The predicted octanol–water partition coefficient (Wildman–Crippen LogP) is 8.94. The van der Waals surface area contributed by atoms with E-state index in [1.807, 2.05) is 63.1 Å². The molecule has 1 aliphatic rings. The van der Waals surface area contributed by atoms with Gasteiger partial charge in [0.2, 0.25) is 0 Å². The van der Waals surface area contributed by atoms with Gasteiger partial charge in [0.1, 0.15) is 11.6 Å². The molecule has 3 rings (SSSR count). The van der Waals surface area contributed by atoms with Crippen molar-refractivity contribution in [2.45, 2.75) is 59.8 Å². The molecule has 0 saturated carbocycles. The number of benzene rings is 1. The Bertz CT molecular complexity index is 982. The number of unbranched alkanes of at least 4 members (excludes halogenated alkanes) is 1. The third-order valence-electron chi connectivity index (χ3n) is 5.19. The average molecular weight is 492 g/mol. The second kappa shape index (κ2) is 20.0. The SMILES string of the molecule is C=C/C=C(\C)N(C)c1cccc(-c2cc(C)cc(F)c2)n1.C=CC.CCCCC1=CCCC=C1.CN. The minimum Gasteiger partial charge on any atom is -0.333 e. The Morgan fingerprint density at radius 1 is 1.17 bits per heavy atom. The van der Waals surface area contributed by atoms with Crippen LogP contribution in [0.25, 0.3) is 11.3 Å². The van der Waals surface area contributed by atoms with Gasteiger partial charge >= 0.3 is 0 Å². The van der Waals surface area contributed by atoms with Crippen LogP contribution in [0, 0.1) is 12.7 Å². The van der Waals surface area contributed by atoms with Crippen LogP contribution in [-0.2, 0) is 0 Å². The topological polar surface area (TPSA) is 42.2 Å². The van der Waals surface area contributed by atoms with E-state index < -0.39 is 0 Å². The molecule has 0 aliphatic heterocycles. The van der Waals surface area contributed by atoms with E-state index >= 15 is 0 Å². The first-order valence-electron chi connectivity index (χ1n) is 12.6. The second-order valence-corrected chi connectivity index (χ2v) is 8.27. The van der Waals surface area contributed by atoms with Gasteiger partial charge < -0.3 is 10.6 Å². The number of anilines is 1.